The molecule has 0 saturated carbocycles. The standard InChI is InChI=1S/C26H33N3O4/c1-8-12-29-17(3)13-22(18(29)4)25(30)21(16-27)14-20-10-11-23(24(15-20)32-9-2)33-19(5)26(31)28(6)7/h10-11,13-15,19H,8-9,12H2,1-7H3. The normalized spacial score (nSPS) is 12.1. The maximum atomic E-state index is 13.1. The monoisotopic (exact) mass is 451 g/mol. The summed E-state index contributed by atoms with van der Waals surface area (Å²) in [5, 5.41) is 9.70. The van der Waals surface area contributed by atoms with E-state index in [-0.39, 0.29) is 17.3 Å². The van der Waals surface area contributed by atoms with Crippen LogP contribution in [0.2, 0.25) is 0 Å². The van der Waals surface area contributed by atoms with Crippen molar-refractivity contribution in [3.8, 4) is 17.6 Å². The zero-order chi connectivity index (χ0) is 24.7. The van der Waals surface area contributed by atoms with Crippen LogP contribution in [-0.2, 0) is 11.3 Å². The number of aromatic nitrogens is 1. The number of hydrogen-bond acceptors (Lipinski definition) is 5. The van der Waals surface area contributed by atoms with Crippen molar-refractivity contribution >= 4 is 17.8 Å². The zero-order valence-electron chi connectivity index (χ0n) is 20.6. The highest BCUT2D eigenvalue weighted by atomic mass is 16.5. The molecule has 1 unspecified atom stereocenters. The second kappa shape index (κ2) is 11.4. The van der Waals surface area contributed by atoms with Crippen LogP contribution >= 0.6 is 0 Å². The number of ether oxygens (including phenoxy) is 2. The van der Waals surface area contributed by atoms with Crippen molar-refractivity contribution in [2.24, 2.45) is 0 Å². The molecule has 0 N–H and O–H groups in total. The molecule has 7 nitrogen and oxygen atoms in total. The fourth-order valence-corrected chi connectivity index (χ4v) is 3.64. The highest BCUT2D eigenvalue weighted by molar-refractivity contribution is 6.14. The highest BCUT2D eigenvalue weighted by Crippen LogP contribution is 2.31. The number of nitrogens with zero attached hydrogens (tertiary/aromatic N) is 3. The van der Waals surface area contributed by atoms with Crippen LogP contribution in [0.4, 0.5) is 0 Å². The molecule has 1 amide bonds. The third-order valence-electron chi connectivity index (χ3n) is 5.30. The lowest BCUT2D eigenvalue weighted by Gasteiger charge is -2.20. The maximum absolute atomic E-state index is 13.1. The third-order valence-corrected chi connectivity index (χ3v) is 5.30. The Morgan fingerprint density at radius 1 is 1.18 bits per heavy atom. The summed E-state index contributed by atoms with van der Waals surface area (Å²) in [6.45, 7) is 10.7. The van der Waals surface area contributed by atoms with Crippen LogP contribution in [0.1, 0.15) is 54.5 Å². The number of carbonyl (C=O) groups excluding carboxylic acids is 2. The molecule has 1 aromatic carbocycles. The van der Waals surface area contributed by atoms with Gasteiger partial charge in [0.25, 0.3) is 5.91 Å². The summed E-state index contributed by atoms with van der Waals surface area (Å²) >= 11 is 0. The van der Waals surface area contributed by atoms with E-state index < -0.39 is 6.10 Å². The lowest BCUT2D eigenvalue weighted by Crippen LogP contribution is -2.35. The van der Waals surface area contributed by atoms with Crippen LogP contribution in [0.5, 0.6) is 11.5 Å². The average Bonchev–Trinajstić information content (AvgIpc) is 3.06. The zero-order valence-corrected chi connectivity index (χ0v) is 20.6. The minimum absolute atomic E-state index is 0.0408. The lowest BCUT2D eigenvalue weighted by atomic mass is 10.0. The number of benzene rings is 1. The summed E-state index contributed by atoms with van der Waals surface area (Å²) in [4.78, 5) is 26.7. The number of Topliss-reactive ketones (excluding diaryl/α,β-unsaturated/α-hetero) is 1. The Balaban J connectivity index is 2.39. The van der Waals surface area contributed by atoms with Crippen molar-refractivity contribution in [3.05, 3.63) is 52.4 Å². The molecule has 2 rings (SSSR count). The highest BCUT2D eigenvalue weighted by Gasteiger charge is 2.21. The number of aryl methyl sites for hydroxylation is 1. The van der Waals surface area contributed by atoms with Gasteiger partial charge in [0.1, 0.15) is 11.6 Å². The van der Waals surface area contributed by atoms with Crippen molar-refractivity contribution in [3.63, 3.8) is 0 Å². The number of ketones is 1. The van der Waals surface area contributed by atoms with Gasteiger partial charge in [0.15, 0.2) is 17.6 Å². The number of likely N-dealkylation sites (N-methyl/N-ethyl adjacent to an activating group) is 1. The summed E-state index contributed by atoms with van der Waals surface area (Å²) < 4.78 is 13.6. The second-order valence-corrected chi connectivity index (χ2v) is 8.07. The summed E-state index contributed by atoms with van der Waals surface area (Å²) in [7, 11) is 3.33. The van der Waals surface area contributed by atoms with Gasteiger partial charge >= 0.3 is 0 Å². The second-order valence-electron chi connectivity index (χ2n) is 8.07. The van der Waals surface area contributed by atoms with Crippen LogP contribution in [0.25, 0.3) is 6.08 Å². The van der Waals surface area contributed by atoms with E-state index in [1.807, 2.05) is 32.9 Å². The molecule has 33 heavy (non-hydrogen) atoms. The lowest BCUT2D eigenvalue weighted by molar-refractivity contribution is -0.135. The molecule has 0 aliphatic carbocycles. The van der Waals surface area contributed by atoms with Crippen molar-refractivity contribution < 1.29 is 19.1 Å². The molecule has 0 radical (unpaired) electrons. The molecule has 7 heteroatoms. The Bertz CT molecular complexity index is 1090. The minimum Gasteiger partial charge on any atom is -0.490 e. The molecule has 0 bridgehead atoms. The number of amides is 1. The molecule has 1 atom stereocenters. The van der Waals surface area contributed by atoms with Gasteiger partial charge in [0.05, 0.1) is 6.61 Å². The van der Waals surface area contributed by atoms with E-state index >= 15 is 0 Å². The molecule has 0 spiro atoms. The Labute approximate surface area is 196 Å². The fraction of sp³-hybridized carbons (Fsp3) is 0.423. The van der Waals surface area contributed by atoms with Gasteiger partial charge < -0.3 is 18.9 Å². The van der Waals surface area contributed by atoms with E-state index in [1.165, 1.54) is 4.90 Å². The van der Waals surface area contributed by atoms with Gasteiger partial charge in [-0.1, -0.05) is 13.0 Å². The van der Waals surface area contributed by atoms with Gasteiger partial charge in [-0.25, -0.2) is 0 Å². The Morgan fingerprint density at radius 3 is 2.45 bits per heavy atom. The van der Waals surface area contributed by atoms with E-state index in [1.54, 1.807) is 45.3 Å². The predicted molar refractivity (Wildman–Crippen MR) is 129 cm³/mol. The molecule has 0 aliphatic rings. The quantitative estimate of drug-likeness (QED) is 0.300. The molecule has 0 saturated heterocycles. The van der Waals surface area contributed by atoms with Gasteiger partial charge in [-0.3, -0.25) is 9.59 Å². The van der Waals surface area contributed by atoms with E-state index in [2.05, 4.69) is 11.5 Å². The van der Waals surface area contributed by atoms with E-state index in [9.17, 15) is 14.9 Å². The van der Waals surface area contributed by atoms with Crippen molar-refractivity contribution in [2.75, 3.05) is 20.7 Å². The first-order valence-corrected chi connectivity index (χ1v) is 11.1. The molecule has 2 aromatic rings. The third kappa shape index (κ3) is 6.04. The smallest absolute Gasteiger partial charge is 0.262 e. The van der Waals surface area contributed by atoms with Gasteiger partial charge in [0.2, 0.25) is 5.78 Å². The van der Waals surface area contributed by atoms with Crippen LogP contribution in [0.15, 0.2) is 29.8 Å². The Morgan fingerprint density at radius 2 is 1.88 bits per heavy atom. The average molecular weight is 452 g/mol. The van der Waals surface area contributed by atoms with Gasteiger partial charge in [-0.15, -0.1) is 0 Å². The first kappa shape index (κ1) is 25.7. The summed E-state index contributed by atoms with van der Waals surface area (Å²) in [5.41, 5.74) is 3.06. The molecule has 0 aliphatic heterocycles. The molecule has 1 heterocycles. The summed E-state index contributed by atoms with van der Waals surface area (Å²) in [6, 6.07) is 9.00. The number of nitriles is 1. The van der Waals surface area contributed by atoms with Crippen LogP contribution in [0.3, 0.4) is 0 Å². The van der Waals surface area contributed by atoms with Crippen molar-refractivity contribution in [1.82, 2.24) is 9.47 Å². The van der Waals surface area contributed by atoms with Crippen molar-refractivity contribution in [1.29, 1.82) is 5.26 Å². The Kier molecular flexibility index (Phi) is 8.86. The van der Waals surface area contributed by atoms with Gasteiger partial charge in [-0.05, 0) is 64.0 Å². The molecular formula is C26H33N3O4. The SMILES string of the molecule is CCCn1c(C)cc(C(=O)C(C#N)=Cc2ccc(OC(C)C(=O)N(C)C)c(OCC)c2)c1C. The topological polar surface area (TPSA) is 84.6 Å². The predicted octanol–water partition coefficient (Wildman–Crippen LogP) is 4.56. The maximum Gasteiger partial charge on any atom is 0.262 e. The molecular weight excluding hydrogens is 418 g/mol. The number of hydrogen-bond donors (Lipinski definition) is 0. The Hall–Kier alpha value is -3.53. The van der Waals surface area contributed by atoms with Crippen LogP contribution in [0, 0.1) is 25.2 Å². The molecule has 176 valence electrons. The van der Waals surface area contributed by atoms with E-state index in [4.69, 9.17) is 9.47 Å². The molecule has 1 aromatic heterocycles. The first-order chi connectivity index (χ1) is 15.6. The van der Waals surface area contributed by atoms with Crippen LogP contribution < -0.4 is 9.47 Å². The summed E-state index contributed by atoms with van der Waals surface area (Å²) in [6.07, 6.45) is 1.82. The van der Waals surface area contributed by atoms with Crippen LogP contribution in [-0.4, -0.2) is 48.0 Å². The van der Waals surface area contributed by atoms with E-state index in [0.29, 0.717) is 29.2 Å². The first-order valence-electron chi connectivity index (χ1n) is 11.1. The van der Waals surface area contributed by atoms with Gasteiger partial charge in [0, 0.05) is 37.6 Å². The van der Waals surface area contributed by atoms with Gasteiger partial charge in [-0.2, -0.15) is 5.26 Å². The fourth-order valence-electron chi connectivity index (χ4n) is 3.64. The van der Waals surface area contributed by atoms with E-state index in [0.717, 1.165) is 24.4 Å². The largest absolute Gasteiger partial charge is 0.490 e. The minimum atomic E-state index is -0.685. The number of carbonyl (C=O) groups is 2. The number of rotatable bonds is 10. The van der Waals surface area contributed by atoms with Crippen molar-refractivity contribution in [2.45, 2.75) is 53.7 Å². The number of allylic oxidation sites excluding steroid dienone is 1. The molecule has 0 fully saturated rings. The summed E-state index contributed by atoms with van der Waals surface area (Å²) in [5.74, 6) is 0.385.